The van der Waals surface area contributed by atoms with Gasteiger partial charge in [-0.15, -0.1) is 0 Å². The Balaban J connectivity index is 0.958. The molecule has 0 aromatic heterocycles. The lowest BCUT2D eigenvalue weighted by Crippen LogP contribution is -2.52. The third-order valence-electron chi connectivity index (χ3n) is 16.0. The minimum Gasteiger partial charge on any atom is -0.485 e. The van der Waals surface area contributed by atoms with Crippen molar-refractivity contribution >= 4 is 41.5 Å². The van der Waals surface area contributed by atoms with E-state index in [4.69, 9.17) is 62.4 Å². The quantitative estimate of drug-likeness (QED) is 0.00702. The lowest BCUT2D eigenvalue weighted by molar-refractivity contribution is -0.160. The van der Waals surface area contributed by atoms with Crippen LogP contribution in [-0.2, 0) is 82.4 Å². The maximum absolute atomic E-state index is 15.4. The molecule has 1 saturated heterocycles. The molecule has 9 aromatic rings. The molecule has 26 heteroatoms. The number of hydrogen-bond donors (Lipinski definition) is 4. The third-order valence-corrected chi connectivity index (χ3v) is 16.0. The molecule has 0 bridgehead atoms. The lowest BCUT2D eigenvalue weighted by Gasteiger charge is -2.25. The molecule has 0 unspecified atom stereocenters. The Labute approximate surface area is 617 Å². The van der Waals surface area contributed by atoms with Crippen molar-refractivity contribution in [2.45, 2.75) is 57.8 Å². The summed E-state index contributed by atoms with van der Waals surface area (Å²) in [5.74, 6) is -7.32. The zero-order valence-corrected chi connectivity index (χ0v) is 58.3. The number of nitrogens with one attached hydrogen (secondary N) is 4. The first-order chi connectivity index (χ1) is 52.5. The van der Waals surface area contributed by atoms with Gasteiger partial charge < -0.3 is 78.1 Å². The van der Waals surface area contributed by atoms with E-state index in [-0.39, 0.29) is 149 Å². The van der Waals surface area contributed by atoms with Crippen molar-refractivity contribution in [2.75, 3.05) is 72.6 Å². The number of azide groups is 1. The number of nitrogens with zero attached hydrogens (tertiary/aromatic N) is 3. The molecule has 9 aromatic carbocycles. The zero-order valence-electron chi connectivity index (χ0n) is 58.3. The fourth-order valence-electron chi connectivity index (χ4n) is 10.5. The first-order valence-corrected chi connectivity index (χ1v) is 34.4. The highest BCUT2D eigenvalue weighted by Gasteiger charge is 2.36. The molecule has 1 fully saturated rings. The van der Waals surface area contributed by atoms with Crippen LogP contribution in [0.3, 0.4) is 0 Å². The maximum Gasteiger partial charge on any atom is 0.332 e. The van der Waals surface area contributed by atoms with Gasteiger partial charge in [-0.1, -0.05) is 199 Å². The van der Waals surface area contributed by atoms with Gasteiger partial charge in [-0.05, 0) is 75.3 Å². The second-order valence-electron chi connectivity index (χ2n) is 23.8. The molecule has 1 aliphatic heterocycles. The summed E-state index contributed by atoms with van der Waals surface area (Å²) in [6.07, 6.45) is 0. The minimum atomic E-state index is -1.95. The van der Waals surface area contributed by atoms with E-state index in [1.165, 1.54) is 24.3 Å². The zero-order chi connectivity index (χ0) is 74.6. The van der Waals surface area contributed by atoms with Crippen LogP contribution in [0.1, 0.15) is 74.8 Å². The topological polar surface area (TPSA) is 327 Å². The van der Waals surface area contributed by atoms with Gasteiger partial charge in [0.2, 0.25) is 0 Å². The Morgan fingerprint density at radius 2 is 0.682 bits per heavy atom. The summed E-state index contributed by atoms with van der Waals surface area (Å²) in [6, 6.07) is 61.0. The Hall–Kier alpha value is -12.7. The van der Waals surface area contributed by atoms with Gasteiger partial charge in [-0.2, -0.15) is 0 Å². The van der Waals surface area contributed by atoms with Crippen LogP contribution in [0, 0.1) is 0 Å². The number of ether oxygens (including phenoxy) is 12. The van der Waals surface area contributed by atoms with E-state index < -0.39 is 79.5 Å². The number of para-hydroxylation sites is 2. The van der Waals surface area contributed by atoms with Crippen LogP contribution in [0.15, 0.2) is 236 Å². The predicted octanol–water partition coefficient (Wildman–Crippen LogP) is 10.6. The largest absolute Gasteiger partial charge is 0.485 e. The van der Waals surface area contributed by atoms with E-state index in [9.17, 15) is 28.8 Å². The summed E-state index contributed by atoms with van der Waals surface area (Å²) < 4.78 is 72.0. The number of rotatable bonds is 37. The highest BCUT2D eigenvalue weighted by atomic mass is 16.6. The molecule has 3 atom stereocenters. The molecule has 4 N–H and O–H groups in total. The van der Waals surface area contributed by atoms with Crippen LogP contribution in [0.5, 0.6) is 34.5 Å². The lowest BCUT2D eigenvalue weighted by atomic mass is 10.1. The van der Waals surface area contributed by atoms with Crippen molar-refractivity contribution < 1.29 is 90.4 Å². The van der Waals surface area contributed by atoms with Gasteiger partial charge in [0.25, 0.3) is 23.6 Å². The fourth-order valence-corrected chi connectivity index (χ4v) is 10.5. The monoisotopic (exact) mass is 1450 g/mol. The van der Waals surface area contributed by atoms with Gasteiger partial charge >= 0.3 is 17.9 Å². The number of carbonyl (C=O) groups is 7. The van der Waals surface area contributed by atoms with E-state index in [0.29, 0.717) is 11.1 Å². The van der Waals surface area contributed by atoms with Crippen LogP contribution in [0.4, 0.5) is 0 Å². The first-order valence-electron chi connectivity index (χ1n) is 34.4. The van der Waals surface area contributed by atoms with Crippen LogP contribution in [0.2, 0.25) is 0 Å². The molecular weight excluding hydrogens is 1370 g/mol. The highest BCUT2D eigenvalue weighted by molar-refractivity contribution is 6.04. The highest BCUT2D eigenvalue weighted by Crippen LogP contribution is 2.37. The molecule has 4 amide bonds. The second kappa shape index (κ2) is 41.5. The summed E-state index contributed by atoms with van der Waals surface area (Å²) in [5.41, 5.74) is 12.3. The van der Waals surface area contributed by atoms with E-state index in [1.54, 1.807) is 60.7 Å². The Bertz CT molecular complexity index is 4280. The van der Waals surface area contributed by atoms with E-state index in [1.807, 2.05) is 146 Å². The van der Waals surface area contributed by atoms with Crippen molar-refractivity contribution in [1.82, 2.24) is 21.3 Å². The van der Waals surface area contributed by atoms with Crippen LogP contribution < -0.4 is 49.7 Å². The average molecular weight is 1450 g/mol. The smallest absolute Gasteiger partial charge is 0.332 e. The molecule has 552 valence electrons. The number of benzene rings is 9. The van der Waals surface area contributed by atoms with E-state index in [2.05, 4.69) is 31.3 Å². The molecule has 0 radical (unpaired) electrons. The summed E-state index contributed by atoms with van der Waals surface area (Å²) in [6.45, 7) is -1.50. The first kappa shape index (κ1) is 76.9. The Kier molecular flexibility index (Phi) is 29.8. The van der Waals surface area contributed by atoms with Gasteiger partial charge in [-0.25, -0.2) is 14.4 Å². The standard InChI is InChI=1S/C81H79N7O19/c82-88-84-38-40-97-42-44-98-43-41-96-39-37-83-75(89)62-45-65(74(104-52-61-31-17-6-18-32-61)71(46-62)101-49-58-25-11-3-12-26-58)78(92)87-68-55-107-80(94)66(85-76(90)63-33-19-35-69(99-47-56-21-7-1-8-22-56)72(63)102-50-59-27-13-4-14-28-59)53-105-79(93)67(54-106-81(68)95)86-77(91)64-34-20-36-70(100-48-57-23-9-2-10-24-57)73(64)103-51-60-29-15-5-16-30-60/h1-36,45-46,66-68H,37-44,47-55H2,(H,83,89)(H,85,90)(H,86,91)(H,87,92)/t66-,67-,68-/m0/s1. The summed E-state index contributed by atoms with van der Waals surface area (Å²) >= 11 is 0. The van der Waals surface area contributed by atoms with Crippen LogP contribution in [0.25, 0.3) is 10.4 Å². The number of carbonyl (C=O) groups excluding carboxylic acids is 7. The number of esters is 3. The molecule has 26 nitrogen and oxygen atoms in total. The number of cyclic esters (lactones) is 3. The summed E-state index contributed by atoms with van der Waals surface area (Å²) in [4.78, 5) is 106. The van der Waals surface area contributed by atoms with Crippen molar-refractivity contribution in [1.29, 1.82) is 0 Å². The molecule has 0 saturated carbocycles. The predicted molar refractivity (Wildman–Crippen MR) is 389 cm³/mol. The van der Waals surface area contributed by atoms with Crippen LogP contribution >= 0.6 is 0 Å². The normalized spacial score (nSPS) is 14.3. The second-order valence-corrected chi connectivity index (χ2v) is 23.8. The molecule has 1 heterocycles. The van der Waals surface area contributed by atoms with Crippen LogP contribution in [-0.4, -0.2) is 132 Å². The van der Waals surface area contributed by atoms with E-state index >= 15 is 4.79 Å². The maximum atomic E-state index is 15.4. The van der Waals surface area contributed by atoms with Gasteiger partial charge in [0.15, 0.2) is 52.6 Å². The Morgan fingerprint density at radius 3 is 1.05 bits per heavy atom. The minimum absolute atomic E-state index is 0.00256. The molecular formula is C81H79N7O19. The molecule has 0 aliphatic carbocycles. The Morgan fingerprint density at radius 1 is 0.364 bits per heavy atom. The summed E-state index contributed by atoms with van der Waals surface area (Å²) in [7, 11) is 0. The fraction of sp³-hybridized carbons (Fsp3) is 0.247. The van der Waals surface area contributed by atoms with Gasteiger partial charge in [0, 0.05) is 23.6 Å². The van der Waals surface area contributed by atoms with Crippen molar-refractivity contribution in [3.63, 3.8) is 0 Å². The summed E-state index contributed by atoms with van der Waals surface area (Å²) in [5, 5.41) is 14.0. The van der Waals surface area contributed by atoms with Gasteiger partial charge in [0.1, 0.15) is 59.5 Å². The SMILES string of the molecule is [N-]=[N+]=NCCOCCOCCOCCNC(=O)c1cc(OCc2ccccc2)c(OCc2ccccc2)c(C(=O)N[C@H]2COC(=O)[C@@H](NC(=O)c3cccc(OCc4ccccc4)c3OCc3ccccc3)COC(=O)[C@@H](NC(=O)c3cccc(OCc4ccccc4)c3OCc3ccccc3)COC2=O)c1. The number of amides is 4. The molecule has 10 rings (SSSR count). The molecule has 0 spiro atoms. The number of hydrogen-bond acceptors (Lipinski definition) is 20. The molecule has 1 aliphatic rings. The average Bonchev–Trinajstić information content (AvgIpc) is 0.808. The van der Waals surface area contributed by atoms with Crippen molar-refractivity contribution in [3.05, 3.63) is 297 Å². The van der Waals surface area contributed by atoms with Crippen molar-refractivity contribution in [3.8, 4) is 34.5 Å². The van der Waals surface area contributed by atoms with E-state index in [0.717, 1.165) is 22.3 Å². The third kappa shape index (κ3) is 24.2. The van der Waals surface area contributed by atoms with Gasteiger partial charge in [0.05, 0.1) is 56.3 Å². The van der Waals surface area contributed by atoms with Gasteiger partial charge in [-0.3, -0.25) is 19.2 Å². The van der Waals surface area contributed by atoms with Crippen molar-refractivity contribution in [2.24, 2.45) is 5.11 Å². The molecule has 107 heavy (non-hydrogen) atoms.